The fourth-order valence-electron chi connectivity index (χ4n) is 4.45. The molecule has 2 nitrogen and oxygen atoms in total. The van der Waals surface area contributed by atoms with Gasteiger partial charge in [0.1, 0.15) is 0 Å². The van der Waals surface area contributed by atoms with E-state index in [4.69, 9.17) is 12.2 Å². The maximum atomic E-state index is 5.72. The van der Waals surface area contributed by atoms with E-state index in [-0.39, 0.29) is 0 Å². The second kappa shape index (κ2) is 4.99. The first-order chi connectivity index (χ1) is 9.72. The van der Waals surface area contributed by atoms with Gasteiger partial charge >= 0.3 is 0 Å². The summed E-state index contributed by atoms with van der Waals surface area (Å²) in [6.45, 7) is 3.36. The Hall–Kier alpha value is -0.610. The Morgan fingerprint density at radius 1 is 1.40 bits per heavy atom. The van der Waals surface area contributed by atoms with Crippen LogP contribution in [0, 0.1) is 11.8 Å². The maximum Gasteiger partial charge on any atom is 0.169 e. The minimum atomic E-state index is 0.434. The van der Waals surface area contributed by atoms with Crippen molar-refractivity contribution < 1.29 is 0 Å². The zero-order valence-electron chi connectivity index (χ0n) is 12.0. The van der Waals surface area contributed by atoms with E-state index in [0.29, 0.717) is 12.1 Å². The summed E-state index contributed by atoms with van der Waals surface area (Å²) in [4.78, 5) is 3.95. The van der Waals surface area contributed by atoms with Crippen molar-refractivity contribution in [2.24, 2.45) is 11.8 Å². The Morgan fingerprint density at radius 3 is 3.05 bits per heavy atom. The molecule has 1 aromatic heterocycles. The molecule has 2 saturated carbocycles. The van der Waals surface area contributed by atoms with Gasteiger partial charge in [-0.05, 0) is 73.7 Å². The van der Waals surface area contributed by atoms with Crippen molar-refractivity contribution in [1.82, 2.24) is 10.2 Å². The van der Waals surface area contributed by atoms with E-state index in [0.717, 1.165) is 29.9 Å². The lowest BCUT2D eigenvalue weighted by molar-refractivity contribution is 0.301. The Balaban J connectivity index is 1.44. The summed E-state index contributed by atoms with van der Waals surface area (Å²) in [6.07, 6.45) is 6.79. The van der Waals surface area contributed by atoms with Crippen molar-refractivity contribution in [3.8, 4) is 0 Å². The normalized spacial score (nSPS) is 35.1. The van der Waals surface area contributed by atoms with E-state index in [1.54, 1.807) is 4.88 Å². The van der Waals surface area contributed by atoms with Crippen LogP contribution in [0.2, 0.25) is 0 Å². The third-order valence-corrected chi connectivity index (χ3v) is 6.93. The van der Waals surface area contributed by atoms with Gasteiger partial charge in [0.05, 0.1) is 6.04 Å². The number of nitrogens with zero attached hydrogens (tertiary/aromatic N) is 1. The van der Waals surface area contributed by atoms with Crippen molar-refractivity contribution in [2.45, 2.75) is 51.1 Å². The van der Waals surface area contributed by atoms with Crippen molar-refractivity contribution >= 4 is 28.7 Å². The molecule has 2 aliphatic carbocycles. The average molecular weight is 307 g/mol. The van der Waals surface area contributed by atoms with Crippen molar-refractivity contribution in [3.63, 3.8) is 0 Å². The number of nitrogens with one attached hydrogen (secondary N) is 1. The molecule has 4 atom stereocenters. The van der Waals surface area contributed by atoms with Gasteiger partial charge < -0.3 is 10.2 Å². The first-order valence-electron chi connectivity index (χ1n) is 7.86. The Bertz CT molecular complexity index is 524. The maximum absolute atomic E-state index is 5.72. The highest BCUT2D eigenvalue weighted by Crippen LogP contribution is 2.44. The quantitative estimate of drug-likeness (QED) is 0.796. The molecule has 1 aliphatic heterocycles. The summed E-state index contributed by atoms with van der Waals surface area (Å²) < 4.78 is 0. The first-order valence-corrected chi connectivity index (χ1v) is 9.14. The number of rotatable bonds is 1. The number of fused-ring (bicyclic) bond motifs is 3. The fourth-order valence-corrected chi connectivity index (χ4v) is 5.81. The lowest BCUT2D eigenvalue weighted by atomic mass is 9.95. The molecular weight excluding hydrogens is 284 g/mol. The summed E-state index contributed by atoms with van der Waals surface area (Å²) >= 11 is 7.62. The molecule has 108 valence electrons. The molecule has 0 amide bonds. The molecule has 3 aliphatic rings. The van der Waals surface area contributed by atoms with Crippen molar-refractivity contribution in [1.29, 1.82) is 0 Å². The average Bonchev–Trinajstić information content (AvgIpc) is 3.14. The van der Waals surface area contributed by atoms with E-state index in [1.165, 1.54) is 31.2 Å². The van der Waals surface area contributed by atoms with Crippen LogP contribution in [0.3, 0.4) is 0 Å². The lowest BCUT2D eigenvalue weighted by Crippen LogP contribution is -2.49. The fraction of sp³-hybridized carbons (Fsp3) is 0.688. The molecule has 0 unspecified atom stereocenters. The molecule has 1 N–H and O–H groups in total. The number of hydrogen-bond acceptors (Lipinski definition) is 2. The largest absolute Gasteiger partial charge is 0.360 e. The first kappa shape index (κ1) is 13.1. The second-order valence-electron chi connectivity index (χ2n) is 6.65. The lowest BCUT2D eigenvalue weighted by Gasteiger charge is -2.37. The molecule has 4 heteroatoms. The standard InChI is InChI=1S/C16H22N2S2/c1-10-13-5-7-20-15(13)4-6-18(10)16(19)17-14-9-11-2-3-12(14)8-11/h5,7,10-12,14H,2-4,6,8-9H2,1H3,(H,17,19)/t10-,11-,12-,14+/m0/s1. The van der Waals surface area contributed by atoms with Gasteiger partial charge in [-0.25, -0.2) is 0 Å². The van der Waals surface area contributed by atoms with Crippen LogP contribution in [-0.2, 0) is 6.42 Å². The summed E-state index contributed by atoms with van der Waals surface area (Å²) in [5.41, 5.74) is 1.48. The van der Waals surface area contributed by atoms with E-state index >= 15 is 0 Å². The monoisotopic (exact) mass is 306 g/mol. The zero-order valence-corrected chi connectivity index (χ0v) is 13.6. The Kier molecular flexibility index (Phi) is 3.26. The van der Waals surface area contributed by atoms with Gasteiger partial charge in [0.25, 0.3) is 0 Å². The van der Waals surface area contributed by atoms with Crippen LogP contribution < -0.4 is 5.32 Å². The van der Waals surface area contributed by atoms with Crippen LogP contribution >= 0.6 is 23.6 Å². The molecule has 1 aromatic rings. The van der Waals surface area contributed by atoms with Gasteiger partial charge in [0.2, 0.25) is 0 Å². The molecule has 0 saturated heterocycles. The van der Waals surface area contributed by atoms with Crippen LogP contribution in [0.1, 0.15) is 49.1 Å². The summed E-state index contributed by atoms with van der Waals surface area (Å²) in [5, 5.41) is 6.91. The van der Waals surface area contributed by atoms with Crippen LogP contribution in [0.5, 0.6) is 0 Å². The predicted octanol–water partition coefficient (Wildman–Crippen LogP) is 3.73. The molecular formula is C16H22N2S2. The number of thiocarbonyl (C=S) groups is 1. The Labute approximate surface area is 130 Å². The van der Waals surface area contributed by atoms with Gasteiger partial charge in [0, 0.05) is 17.5 Å². The van der Waals surface area contributed by atoms with E-state index < -0.39 is 0 Å². The SMILES string of the molecule is C[C@H]1c2ccsc2CCN1C(=S)N[C@@H]1C[C@H]2CC[C@H]1C2. The van der Waals surface area contributed by atoms with Gasteiger partial charge in [-0.3, -0.25) is 0 Å². The van der Waals surface area contributed by atoms with Gasteiger partial charge in [-0.2, -0.15) is 0 Å². The van der Waals surface area contributed by atoms with Gasteiger partial charge in [0.15, 0.2) is 5.11 Å². The van der Waals surface area contributed by atoms with E-state index in [1.807, 2.05) is 11.3 Å². The number of thiophene rings is 1. The van der Waals surface area contributed by atoms with Crippen molar-refractivity contribution in [3.05, 3.63) is 21.9 Å². The molecule has 0 radical (unpaired) electrons. The van der Waals surface area contributed by atoms with Gasteiger partial charge in [-0.1, -0.05) is 6.42 Å². The molecule has 0 aromatic carbocycles. The van der Waals surface area contributed by atoms with Gasteiger partial charge in [-0.15, -0.1) is 11.3 Å². The molecule has 2 fully saturated rings. The van der Waals surface area contributed by atoms with Crippen LogP contribution in [0.25, 0.3) is 0 Å². The zero-order chi connectivity index (χ0) is 13.7. The second-order valence-corrected chi connectivity index (χ2v) is 8.04. The molecule has 0 spiro atoms. The van der Waals surface area contributed by atoms with E-state index in [9.17, 15) is 0 Å². The summed E-state index contributed by atoms with van der Waals surface area (Å²) in [5.74, 6) is 1.86. The highest BCUT2D eigenvalue weighted by molar-refractivity contribution is 7.80. The minimum Gasteiger partial charge on any atom is -0.360 e. The summed E-state index contributed by atoms with van der Waals surface area (Å²) in [6, 6.07) is 3.36. The Morgan fingerprint density at radius 2 is 2.30 bits per heavy atom. The van der Waals surface area contributed by atoms with Crippen LogP contribution in [0.4, 0.5) is 0 Å². The van der Waals surface area contributed by atoms with Crippen LogP contribution in [-0.4, -0.2) is 22.6 Å². The third kappa shape index (κ3) is 2.08. The predicted molar refractivity (Wildman–Crippen MR) is 88.1 cm³/mol. The van der Waals surface area contributed by atoms with Crippen LogP contribution in [0.15, 0.2) is 11.4 Å². The van der Waals surface area contributed by atoms with E-state index in [2.05, 4.69) is 28.6 Å². The molecule has 2 heterocycles. The molecule has 20 heavy (non-hydrogen) atoms. The minimum absolute atomic E-state index is 0.434. The molecule has 4 rings (SSSR count). The topological polar surface area (TPSA) is 15.3 Å². The smallest absolute Gasteiger partial charge is 0.169 e. The number of hydrogen-bond donors (Lipinski definition) is 1. The summed E-state index contributed by atoms with van der Waals surface area (Å²) in [7, 11) is 0. The molecule has 2 bridgehead atoms. The van der Waals surface area contributed by atoms with Crippen molar-refractivity contribution in [2.75, 3.05) is 6.54 Å². The third-order valence-electron chi connectivity index (χ3n) is 5.59. The highest BCUT2D eigenvalue weighted by Gasteiger charge is 2.40. The highest BCUT2D eigenvalue weighted by atomic mass is 32.1.